The van der Waals surface area contributed by atoms with Crippen molar-refractivity contribution in [1.82, 2.24) is 4.90 Å². The first-order valence-electron chi connectivity index (χ1n) is 6.52. The molecule has 0 aromatic heterocycles. The van der Waals surface area contributed by atoms with Crippen LogP contribution in [0.25, 0.3) is 0 Å². The van der Waals surface area contributed by atoms with Crippen molar-refractivity contribution in [3.63, 3.8) is 0 Å². The third kappa shape index (κ3) is 3.18. The van der Waals surface area contributed by atoms with Crippen molar-refractivity contribution in [3.8, 4) is 0 Å². The molecular weight excluding hydrogens is 267 g/mol. The molecule has 2 N–H and O–H groups in total. The highest BCUT2D eigenvalue weighted by atomic mass is 35.5. The van der Waals surface area contributed by atoms with Gasteiger partial charge in [0.1, 0.15) is 0 Å². The molecule has 18 heavy (non-hydrogen) atoms. The molecule has 0 amide bonds. The first-order chi connectivity index (χ1) is 8.61. The summed E-state index contributed by atoms with van der Waals surface area (Å²) in [5, 5.41) is 1.32. The van der Waals surface area contributed by atoms with Gasteiger partial charge in [0.15, 0.2) is 0 Å². The fourth-order valence-electron chi connectivity index (χ4n) is 2.61. The molecule has 2 atom stereocenters. The van der Waals surface area contributed by atoms with Crippen molar-refractivity contribution in [2.45, 2.75) is 32.4 Å². The molecule has 0 spiro atoms. The van der Waals surface area contributed by atoms with Crippen molar-refractivity contribution in [2.75, 3.05) is 13.1 Å². The molecule has 1 aromatic carbocycles. The van der Waals surface area contributed by atoms with Gasteiger partial charge in [-0.15, -0.1) is 0 Å². The van der Waals surface area contributed by atoms with Crippen LogP contribution >= 0.6 is 23.2 Å². The van der Waals surface area contributed by atoms with E-state index < -0.39 is 0 Å². The molecule has 100 valence electrons. The number of hydrogen-bond acceptors (Lipinski definition) is 2. The normalized spacial score (nSPS) is 25.3. The summed E-state index contributed by atoms with van der Waals surface area (Å²) in [6.45, 7) is 5.17. The van der Waals surface area contributed by atoms with Crippen LogP contribution in [0, 0.1) is 5.92 Å². The molecule has 1 aliphatic rings. The maximum Gasteiger partial charge on any atom is 0.0637 e. The molecule has 4 heteroatoms. The van der Waals surface area contributed by atoms with Gasteiger partial charge in [0.2, 0.25) is 0 Å². The van der Waals surface area contributed by atoms with Crippen LogP contribution in [0.2, 0.25) is 10.0 Å². The number of nitrogens with zero attached hydrogens (tertiary/aromatic N) is 1. The van der Waals surface area contributed by atoms with E-state index >= 15 is 0 Å². The van der Waals surface area contributed by atoms with Crippen LogP contribution < -0.4 is 5.73 Å². The van der Waals surface area contributed by atoms with Crippen molar-refractivity contribution in [2.24, 2.45) is 11.7 Å². The van der Waals surface area contributed by atoms with Crippen molar-refractivity contribution < 1.29 is 0 Å². The number of piperidine rings is 1. The molecular formula is C14H20Cl2N2. The first kappa shape index (κ1) is 14.1. The molecule has 0 aliphatic carbocycles. The van der Waals surface area contributed by atoms with E-state index in [0.717, 1.165) is 38.0 Å². The standard InChI is InChI=1S/C14H20Cl2N2/c1-2-10-8-18(7-6-13(10)17)9-11-4-3-5-12(15)14(11)16/h3-5,10,13H,2,6-9,17H2,1H3. The van der Waals surface area contributed by atoms with Gasteiger partial charge >= 0.3 is 0 Å². The molecule has 2 nitrogen and oxygen atoms in total. The average molecular weight is 287 g/mol. The lowest BCUT2D eigenvalue weighted by molar-refractivity contribution is 0.145. The predicted molar refractivity (Wildman–Crippen MR) is 78.1 cm³/mol. The summed E-state index contributed by atoms with van der Waals surface area (Å²) in [4.78, 5) is 2.43. The minimum absolute atomic E-state index is 0.348. The van der Waals surface area contributed by atoms with E-state index in [-0.39, 0.29) is 0 Å². The van der Waals surface area contributed by atoms with E-state index in [1.807, 2.05) is 18.2 Å². The molecule has 1 fully saturated rings. The zero-order chi connectivity index (χ0) is 13.1. The van der Waals surface area contributed by atoms with Gasteiger partial charge in [-0.3, -0.25) is 4.90 Å². The second kappa shape index (κ2) is 6.25. The minimum atomic E-state index is 0.348. The Kier molecular flexibility index (Phi) is 4.91. The van der Waals surface area contributed by atoms with E-state index in [0.29, 0.717) is 22.0 Å². The van der Waals surface area contributed by atoms with Gasteiger partial charge in [0.25, 0.3) is 0 Å². The van der Waals surface area contributed by atoms with Crippen molar-refractivity contribution >= 4 is 23.2 Å². The number of rotatable bonds is 3. The summed E-state index contributed by atoms with van der Waals surface area (Å²) in [5.41, 5.74) is 7.23. The summed E-state index contributed by atoms with van der Waals surface area (Å²) >= 11 is 12.3. The van der Waals surface area contributed by atoms with Crippen molar-refractivity contribution in [3.05, 3.63) is 33.8 Å². The highest BCUT2D eigenvalue weighted by Gasteiger charge is 2.25. The predicted octanol–water partition coefficient (Wildman–Crippen LogP) is 3.55. The maximum absolute atomic E-state index is 6.23. The lowest BCUT2D eigenvalue weighted by Gasteiger charge is -2.36. The third-order valence-corrected chi connectivity index (χ3v) is 4.68. The number of hydrogen-bond donors (Lipinski definition) is 1. The molecule has 0 radical (unpaired) electrons. The summed E-state index contributed by atoms with van der Waals surface area (Å²) in [5.74, 6) is 0.594. The average Bonchev–Trinajstić information content (AvgIpc) is 2.37. The summed E-state index contributed by atoms with van der Waals surface area (Å²) < 4.78 is 0. The molecule has 1 aromatic rings. The van der Waals surface area contributed by atoms with E-state index in [1.54, 1.807) is 0 Å². The molecule has 1 heterocycles. The Bertz CT molecular complexity index is 409. The van der Waals surface area contributed by atoms with E-state index in [1.165, 1.54) is 0 Å². The molecule has 2 unspecified atom stereocenters. The fourth-order valence-corrected chi connectivity index (χ4v) is 2.99. The fraction of sp³-hybridized carbons (Fsp3) is 0.571. The van der Waals surface area contributed by atoms with Gasteiger partial charge in [0, 0.05) is 19.1 Å². The smallest absolute Gasteiger partial charge is 0.0637 e. The first-order valence-corrected chi connectivity index (χ1v) is 7.28. The Morgan fingerprint density at radius 2 is 2.17 bits per heavy atom. The number of benzene rings is 1. The third-order valence-electron chi connectivity index (χ3n) is 3.83. The van der Waals surface area contributed by atoms with Crippen LogP contribution in [-0.2, 0) is 6.54 Å². The van der Waals surface area contributed by atoms with Gasteiger partial charge in [-0.25, -0.2) is 0 Å². The zero-order valence-corrected chi connectivity index (χ0v) is 12.2. The lowest BCUT2D eigenvalue weighted by atomic mass is 9.90. The van der Waals surface area contributed by atoms with Crippen LogP contribution in [-0.4, -0.2) is 24.0 Å². The van der Waals surface area contributed by atoms with Crippen LogP contribution in [0.15, 0.2) is 18.2 Å². The summed E-state index contributed by atoms with van der Waals surface area (Å²) in [6.07, 6.45) is 2.21. The van der Waals surface area contributed by atoms with Gasteiger partial charge in [-0.1, -0.05) is 48.7 Å². The second-order valence-electron chi connectivity index (χ2n) is 5.07. The number of likely N-dealkylation sites (tertiary alicyclic amines) is 1. The van der Waals surface area contributed by atoms with Crippen LogP contribution in [0.5, 0.6) is 0 Å². The van der Waals surface area contributed by atoms with Crippen molar-refractivity contribution in [1.29, 1.82) is 0 Å². The quantitative estimate of drug-likeness (QED) is 0.921. The van der Waals surface area contributed by atoms with E-state index in [2.05, 4.69) is 11.8 Å². The Morgan fingerprint density at radius 1 is 1.39 bits per heavy atom. The van der Waals surface area contributed by atoms with Crippen LogP contribution in [0.1, 0.15) is 25.3 Å². The molecule has 1 aliphatic heterocycles. The minimum Gasteiger partial charge on any atom is -0.327 e. The van der Waals surface area contributed by atoms with Gasteiger partial charge in [0.05, 0.1) is 10.0 Å². The molecule has 0 saturated carbocycles. The van der Waals surface area contributed by atoms with Crippen LogP contribution in [0.3, 0.4) is 0 Å². The molecule has 0 bridgehead atoms. The molecule has 1 saturated heterocycles. The SMILES string of the molecule is CCC1CN(Cc2cccc(Cl)c2Cl)CCC1N. The Hall–Kier alpha value is -0.280. The lowest BCUT2D eigenvalue weighted by Crippen LogP contribution is -2.46. The van der Waals surface area contributed by atoms with E-state index in [9.17, 15) is 0 Å². The van der Waals surface area contributed by atoms with Gasteiger partial charge in [-0.05, 0) is 30.5 Å². The second-order valence-corrected chi connectivity index (χ2v) is 5.85. The zero-order valence-electron chi connectivity index (χ0n) is 10.7. The highest BCUT2D eigenvalue weighted by Crippen LogP contribution is 2.28. The number of halogens is 2. The van der Waals surface area contributed by atoms with Gasteiger partial charge in [-0.2, -0.15) is 0 Å². The monoisotopic (exact) mass is 286 g/mol. The highest BCUT2D eigenvalue weighted by molar-refractivity contribution is 6.42. The molecule has 2 rings (SSSR count). The number of nitrogens with two attached hydrogens (primary N) is 1. The Balaban J connectivity index is 2.03. The largest absolute Gasteiger partial charge is 0.327 e. The summed E-state index contributed by atoms with van der Waals surface area (Å²) in [6, 6.07) is 6.18. The summed E-state index contributed by atoms with van der Waals surface area (Å²) in [7, 11) is 0. The van der Waals surface area contributed by atoms with Gasteiger partial charge < -0.3 is 5.73 Å². The van der Waals surface area contributed by atoms with E-state index in [4.69, 9.17) is 28.9 Å². The Labute approximate surface area is 119 Å². The maximum atomic E-state index is 6.23. The topological polar surface area (TPSA) is 29.3 Å². The van der Waals surface area contributed by atoms with Crippen LogP contribution in [0.4, 0.5) is 0 Å². The Morgan fingerprint density at radius 3 is 2.89 bits per heavy atom.